The van der Waals surface area contributed by atoms with E-state index in [1.165, 1.54) is 22.3 Å². The first-order valence-electron chi connectivity index (χ1n) is 11.2. The van der Waals surface area contributed by atoms with Crippen molar-refractivity contribution in [2.45, 2.75) is 38.6 Å². The molecule has 1 N–H and O–H groups in total. The van der Waals surface area contributed by atoms with E-state index in [0.717, 1.165) is 19.0 Å². The lowest BCUT2D eigenvalue weighted by Gasteiger charge is -2.40. The fourth-order valence-electron chi connectivity index (χ4n) is 5.27. The van der Waals surface area contributed by atoms with Crippen LogP contribution in [0.5, 0.6) is 5.75 Å². The highest BCUT2D eigenvalue weighted by Crippen LogP contribution is 2.43. The number of rotatable bonds is 3. The van der Waals surface area contributed by atoms with Crippen LogP contribution in [0.3, 0.4) is 0 Å². The van der Waals surface area contributed by atoms with Crippen molar-refractivity contribution >= 4 is 5.91 Å². The Morgan fingerprint density at radius 3 is 2.19 bits per heavy atom. The second kappa shape index (κ2) is 7.93. The van der Waals surface area contributed by atoms with Gasteiger partial charge in [-0.05, 0) is 41.0 Å². The maximum Gasteiger partial charge on any atom is 0.276 e. The molecule has 2 aliphatic rings. The van der Waals surface area contributed by atoms with Crippen LogP contribution < -0.4 is 5.43 Å². The van der Waals surface area contributed by atoms with Gasteiger partial charge < -0.3 is 10.0 Å². The van der Waals surface area contributed by atoms with Gasteiger partial charge in [0.2, 0.25) is 5.43 Å². The molecule has 2 heterocycles. The van der Waals surface area contributed by atoms with Gasteiger partial charge in [0, 0.05) is 19.0 Å². The van der Waals surface area contributed by atoms with Crippen LogP contribution in [0.4, 0.5) is 0 Å². The molecule has 1 unspecified atom stereocenters. The fraction of sp³-hybridized carbons (Fsp3) is 0.346. The highest BCUT2D eigenvalue weighted by atomic mass is 16.3. The zero-order chi connectivity index (χ0) is 22.4. The maximum atomic E-state index is 13.3. The number of hydrogen-bond donors (Lipinski definition) is 1. The number of hydrogen-bond acceptors (Lipinski definition) is 4. The number of aromatic hydroxyl groups is 1. The van der Waals surface area contributed by atoms with E-state index in [-0.39, 0.29) is 29.5 Å². The van der Waals surface area contributed by atoms with Gasteiger partial charge in [-0.1, -0.05) is 62.4 Å². The number of benzene rings is 2. The quantitative estimate of drug-likeness (QED) is 0.691. The SMILES string of the molecule is CC(C)CN1CC(C2c3ccccc3CCc3ccccc32)n2ncc(=O)c(O)c2C1=O. The number of fused-ring (bicyclic) bond motifs is 3. The molecule has 1 aliphatic carbocycles. The van der Waals surface area contributed by atoms with E-state index in [0.29, 0.717) is 13.1 Å². The topological polar surface area (TPSA) is 75.4 Å². The van der Waals surface area contributed by atoms with Crippen LogP contribution in [0.15, 0.2) is 59.5 Å². The lowest BCUT2D eigenvalue weighted by Crippen LogP contribution is -2.48. The Bertz CT molecular complexity index is 1200. The number of aromatic nitrogens is 2. The summed E-state index contributed by atoms with van der Waals surface area (Å²) in [7, 11) is 0. The third-order valence-electron chi connectivity index (χ3n) is 6.61. The van der Waals surface area contributed by atoms with Crippen molar-refractivity contribution in [3.8, 4) is 5.75 Å². The van der Waals surface area contributed by atoms with Gasteiger partial charge in [-0.2, -0.15) is 5.10 Å². The molecule has 0 saturated carbocycles. The molecule has 164 valence electrons. The Labute approximate surface area is 187 Å². The summed E-state index contributed by atoms with van der Waals surface area (Å²) in [6.45, 7) is 5.13. The molecule has 0 fully saturated rings. The highest BCUT2D eigenvalue weighted by molar-refractivity contribution is 5.95. The summed E-state index contributed by atoms with van der Waals surface area (Å²) in [6.07, 6.45) is 3.01. The van der Waals surface area contributed by atoms with Gasteiger partial charge in [0.25, 0.3) is 5.91 Å². The van der Waals surface area contributed by atoms with Crippen LogP contribution in [-0.2, 0) is 12.8 Å². The average Bonchev–Trinajstić information content (AvgIpc) is 2.94. The molecular weight excluding hydrogens is 402 g/mol. The first-order valence-corrected chi connectivity index (χ1v) is 11.2. The second-order valence-corrected chi connectivity index (χ2v) is 9.20. The summed E-state index contributed by atoms with van der Waals surface area (Å²) in [5.74, 6) is -0.655. The third-order valence-corrected chi connectivity index (χ3v) is 6.61. The number of carbonyl (C=O) groups excluding carboxylic acids is 1. The first kappa shape index (κ1) is 20.5. The summed E-state index contributed by atoms with van der Waals surface area (Å²) in [4.78, 5) is 27.2. The number of aryl methyl sites for hydroxylation is 2. The van der Waals surface area contributed by atoms with Crippen molar-refractivity contribution in [2.24, 2.45) is 5.92 Å². The minimum atomic E-state index is -0.628. The summed E-state index contributed by atoms with van der Waals surface area (Å²) >= 11 is 0. The van der Waals surface area contributed by atoms with Gasteiger partial charge in [-0.25, -0.2) is 0 Å². The largest absolute Gasteiger partial charge is 0.502 e. The lowest BCUT2D eigenvalue weighted by molar-refractivity contribution is 0.0610. The predicted molar refractivity (Wildman–Crippen MR) is 122 cm³/mol. The van der Waals surface area contributed by atoms with Crippen LogP contribution >= 0.6 is 0 Å². The molecule has 2 aromatic carbocycles. The molecule has 3 aromatic rings. The Hall–Kier alpha value is -3.41. The molecule has 1 amide bonds. The standard InChI is InChI=1S/C26H27N3O3/c1-16(2)14-28-15-21(29-24(26(28)32)25(31)22(30)13-27-29)23-19-9-5-3-7-17(19)11-12-18-8-4-6-10-20(18)23/h3-10,13,16,21,23,31H,11-12,14-15H2,1-2H3. The maximum absolute atomic E-state index is 13.3. The third kappa shape index (κ3) is 3.30. The van der Waals surface area contributed by atoms with E-state index in [4.69, 9.17) is 0 Å². The number of amides is 1. The molecular formula is C26H27N3O3. The van der Waals surface area contributed by atoms with Crippen LogP contribution in [0.1, 0.15) is 58.5 Å². The van der Waals surface area contributed by atoms with Crippen molar-refractivity contribution in [3.05, 3.63) is 92.9 Å². The Kier molecular flexibility index (Phi) is 5.08. The number of nitrogens with zero attached hydrogens (tertiary/aromatic N) is 3. The minimum absolute atomic E-state index is 0.00592. The molecule has 1 aliphatic heterocycles. The van der Waals surface area contributed by atoms with Gasteiger partial charge in [-0.3, -0.25) is 14.3 Å². The van der Waals surface area contributed by atoms with Crippen LogP contribution in [0.25, 0.3) is 0 Å². The van der Waals surface area contributed by atoms with Crippen molar-refractivity contribution < 1.29 is 9.90 Å². The first-order chi connectivity index (χ1) is 15.5. The van der Waals surface area contributed by atoms with Gasteiger partial charge >= 0.3 is 0 Å². The van der Waals surface area contributed by atoms with E-state index in [9.17, 15) is 14.7 Å². The molecule has 0 radical (unpaired) electrons. The summed E-state index contributed by atoms with van der Waals surface area (Å²) in [5.41, 5.74) is 4.37. The van der Waals surface area contributed by atoms with Crippen molar-refractivity contribution in [2.75, 3.05) is 13.1 Å². The summed E-state index contributed by atoms with van der Waals surface area (Å²) in [6, 6.07) is 16.7. The van der Waals surface area contributed by atoms with E-state index < -0.39 is 11.2 Å². The monoisotopic (exact) mass is 429 g/mol. The van der Waals surface area contributed by atoms with Crippen LogP contribution in [-0.4, -0.2) is 38.8 Å². The van der Waals surface area contributed by atoms with Crippen molar-refractivity contribution in [1.82, 2.24) is 14.7 Å². The molecule has 0 bridgehead atoms. The normalized spacial score (nSPS) is 18.2. The molecule has 1 aromatic heterocycles. The predicted octanol–water partition coefficient (Wildman–Crippen LogP) is 3.53. The zero-order valence-corrected chi connectivity index (χ0v) is 18.4. The molecule has 0 saturated heterocycles. The fourth-order valence-corrected chi connectivity index (χ4v) is 5.27. The number of carbonyl (C=O) groups is 1. The smallest absolute Gasteiger partial charge is 0.276 e. The molecule has 1 atom stereocenters. The van der Waals surface area contributed by atoms with Gasteiger partial charge in [0.15, 0.2) is 11.4 Å². The van der Waals surface area contributed by atoms with E-state index in [2.05, 4.69) is 67.5 Å². The van der Waals surface area contributed by atoms with E-state index in [1.807, 2.05) is 0 Å². The Balaban J connectivity index is 1.76. The van der Waals surface area contributed by atoms with Gasteiger partial charge in [0.1, 0.15) is 0 Å². The lowest BCUT2D eigenvalue weighted by atomic mass is 9.81. The highest BCUT2D eigenvalue weighted by Gasteiger charge is 2.41. The van der Waals surface area contributed by atoms with Crippen molar-refractivity contribution in [3.63, 3.8) is 0 Å². The van der Waals surface area contributed by atoms with E-state index >= 15 is 0 Å². The average molecular weight is 430 g/mol. The van der Waals surface area contributed by atoms with Gasteiger partial charge in [-0.15, -0.1) is 0 Å². The Morgan fingerprint density at radius 1 is 1.00 bits per heavy atom. The second-order valence-electron chi connectivity index (χ2n) is 9.20. The van der Waals surface area contributed by atoms with E-state index in [1.54, 1.807) is 9.58 Å². The molecule has 0 spiro atoms. The van der Waals surface area contributed by atoms with Crippen molar-refractivity contribution in [1.29, 1.82) is 0 Å². The van der Waals surface area contributed by atoms with Crippen LogP contribution in [0, 0.1) is 5.92 Å². The summed E-state index contributed by atoms with van der Waals surface area (Å²) < 4.78 is 1.60. The zero-order valence-electron chi connectivity index (χ0n) is 18.4. The van der Waals surface area contributed by atoms with Crippen LogP contribution in [0.2, 0.25) is 0 Å². The molecule has 6 nitrogen and oxygen atoms in total. The Morgan fingerprint density at radius 2 is 1.59 bits per heavy atom. The molecule has 6 heteroatoms. The molecule has 32 heavy (non-hydrogen) atoms. The minimum Gasteiger partial charge on any atom is -0.502 e. The summed E-state index contributed by atoms with van der Waals surface area (Å²) in [5, 5.41) is 15.0. The van der Waals surface area contributed by atoms with Gasteiger partial charge in [0.05, 0.1) is 12.2 Å². The molecule has 5 rings (SSSR count).